The van der Waals surface area contributed by atoms with E-state index >= 15 is 0 Å². The van der Waals surface area contributed by atoms with Gasteiger partial charge in [0.2, 0.25) is 5.88 Å². The molecule has 4 rings (SSSR count). The lowest BCUT2D eigenvalue weighted by molar-refractivity contribution is -0.139. The van der Waals surface area contributed by atoms with Crippen molar-refractivity contribution in [2.45, 2.75) is 26.4 Å². The van der Waals surface area contributed by atoms with E-state index in [1.54, 1.807) is 19.9 Å². The summed E-state index contributed by atoms with van der Waals surface area (Å²) in [5.74, 6) is -0.321. The Bertz CT molecular complexity index is 1370. The van der Waals surface area contributed by atoms with Gasteiger partial charge in [-0.1, -0.05) is 42.5 Å². The Kier molecular flexibility index (Phi) is 6.90. The summed E-state index contributed by atoms with van der Waals surface area (Å²) in [6.45, 7) is 3.95. The largest absolute Gasteiger partial charge is 0.488 e. The molecule has 2 N–H and O–H groups in total. The minimum Gasteiger partial charge on any atom is -0.488 e. The highest BCUT2D eigenvalue weighted by molar-refractivity contribution is 9.10. The van der Waals surface area contributed by atoms with Crippen molar-refractivity contribution in [3.8, 4) is 11.8 Å². The molecule has 1 atom stereocenters. The predicted octanol–water partition coefficient (Wildman–Crippen LogP) is 5.83. The molecule has 0 saturated carbocycles. The monoisotopic (exact) mass is 518 g/mol. The number of carbonyl (C=O) groups excluding carboxylic acids is 1. The molecule has 0 fully saturated rings. The van der Waals surface area contributed by atoms with E-state index in [0.717, 1.165) is 10.9 Å². The van der Waals surface area contributed by atoms with Crippen molar-refractivity contribution in [1.82, 2.24) is 0 Å². The second-order valence-electron chi connectivity index (χ2n) is 7.78. The van der Waals surface area contributed by atoms with Crippen LogP contribution in [0, 0.1) is 11.3 Å². The van der Waals surface area contributed by atoms with Crippen LogP contribution in [-0.4, -0.2) is 12.6 Å². The number of nitriles is 1. The third-order valence-corrected chi connectivity index (χ3v) is 6.22. The van der Waals surface area contributed by atoms with Gasteiger partial charge < -0.3 is 19.9 Å². The number of carbonyl (C=O) groups is 1. The molecule has 172 valence electrons. The third kappa shape index (κ3) is 4.63. The van der Waals surface area contributed by atoms with Gasteiger partial charge in [-0.25, -0.2) is 4.79 Å². The Hall–Kier alpha value is -3.76. The summed E-state index contributed by atoms with van der Waals surface area (Å²) in [5.41, 5.74) is 8.12. The second-order valence-corrected chi connectivity index (χ2v) is 8.63. The molecule has 1 heterocycles. The molecular formula is C27H23BrN2O4. The zero-order chi connectivity index (χ0) is 24.2. The normalized spacial score (nSPS) is 15.6. The lowest BCUT2D eigenvalue weighted by Gasteiger charge is -2.27. The average molecular weight is 519 g/mol. The summed E-state index contributed by atoms with van der Waals surface area (Å²) in [7, 11) is 0. The van der Waals surface area contributed by atoms with Crippen molar-refractivity contribution in [1.29, 1.82) is 5.26 Å². The first-order valence-corrected chi connectivity index (χ1v) is 11.6. The number of halogens is 1. The van der Waals surface area contributed by atoms with Crippen LogP contribution in [0.1, 0.15) is 30.9 Å². The van der Waals surface area contributed by atoms with Gasteiger partial charge in [-0.3, -0.25) is 0 Å². The Labute approximate surface area is 206 Å². The van der Waals surface area contributed by atoms with Crippen LogP contribution in [0.3, 0.4) is 0 Å². The standard InChI is InChI=1S/C27H23BrN2O4/c1-3-32-27(31)24-16(2)34-26(30)21(14-29)25(24)20-10-11-23(22(28)13-20)33-15-17-8-9-18-6-4-5-7-19(18)12-17/h4-13,25H,3,15,30H2,1-2H3. The molecule has 0 radical (unpaired) electrons. The van der Waals surface area contributed by atoms with E-state index in [1.807, 2.05) is 30.3 Å². The van der Waals surface area contributed by atoms with Gasteiger partial charge >= 0.3 is 5.97 Å². The third-order valence-electron chi connectivity index (χ3n) is 5.60. The first-order chi connectivity index (χ1) is 16.4. The number of ether oxygens (including phenoxy) is 3. The first-order valence-electron chi connectivity index (χ1n) is 10.8. The molecule has 0 saturated heterocycles. The van der Waals surface area contributed by atoms with Gasteiger partial charge in [0.25, 0.3) is 0 Å². The Morgan fingerprint density at radius 1 is 1.15 bits per heavy atom. The lowest BCUT2D eigenvalue weighted by atomic mass is 9.83. The molecule has 6 nitrogen and oxygen atoms in total. The number of hydrogen-bond acceptors (Lipinski definition) is 6. The van der Waals surface area contributed by atoms with E-state index < -0.39 is 11.9 Å². The summed E-state index contributed by atoms with van der Waals surface area (Å²) in [5, 5.41) is 12.1. The Morgan fingerprint density at radius 2 is 1.91 bits per heavy atom. The topological polar surface area (TPSA) is 94.6 Å². The van der Waals surface area contributed by atoms with Crippen LogP contribution in [0.4, 0.5) is 0 Å². The van der Waals surface area contributed by atoms with Crippen LogP contribution in [0.2, 0.25) is 0 Å². The van der Waals surface area contributed by atoms with E-state index in [-0.39, 0.29) is 23.6 Å². The molecule has 0 amide bonds. The highest BCUT2D eigenvalue weighted by Crippen LogP contribution is 2.41. The maximum Gasteiger partial charge on any atom is 0.338 e. The van der Waals surface area contributed by atoms with E-state index in [9.17, 15) is 10.1 Å². The maximum atomic E-state index is 12.7. The van der Waals surface area contributed by atoms with E-state index in [4.69, 9.17) is 19.9 Å². The molecule has 0 aromatic heterocycles. The van der Waals surface area contributed by atoms with Crippen LogP contribution in [0.5, 0.6) is 5.75 Å². The molecule has 1 aliphatic heterocycles. The molecule has 1 unspecified atom stereocenters. The first kappa shape index (κ1) is 23.4. The van der Waals surface area contributed by atoms with Gasteiger partial charge in [0.1, 0.15) is 29.8 Å². The van der Waals surface area contributed by atoms with Crippen molar-refractivity contribution in [3.05, 3.63) is 99.1 Å². The Balaban J connectivity index is 1.61. The molecule has 1 aliphatic rings. The van der Waals surface area contributed by atoms with Crippen LogP contribution >= 0.6 is 15.9 Å². The van der Waals surface area contributed by atoms with Gasteiger partial charge in [0.15, 0.2) is 0 Å². The average Bonchev–Trinajstić information content (AvgIpc) is 2.82. The molecular weight excluding hydrogens is 496 g/mol. The summed E-state index contributed by atoms with van der Waals surface area (Å²) < 4.78 is 17.4. The quantitative estimate of drug-likeness (QED) is 0.412. The SMILES string of the molecule is CCOC(=O)C1=C(C)OC(N)=C(C#N)C1c1ccc(OCc2ccc3ccccc3c2)c(Br)c1. The van der Waals surface area contributed by atoms with E-state index in [1.165, 1.54) is 5.39 Å². The fourth-order valence-electron chi connectivity index (χ4n) is 3.99. The van der Waals surface area contributed by atoms with Crippen molar-refractivity contribution in [3.63, 3.8) is 0 Å². The fourth-order valence-corrected chi connectivity index (χ4v) is 4.50. The van der Waals surface area contributed by atoms with Crippen LogP contribution in [-0.2, 0) is 20.9 Å². The summed E-state index contributed by atoms with van der Waals surface area (Å²) in [6.07, 6.45) is 0. The number of fused-ring (bicyclic) bond motifs is 1. The molecule has 34 heavy (non-hydrogen) atoms. The highest BCUT2D eigenvalue weighted by atomic mass is 79.9. The zero-order valence-electron chi connectivity index (χ0n) is 18.8. The minimum absolute atomic E-state index is 0.0224. The van der Waals surface area contributed by atoms with Gasteiger partial charge in [0.05, 0.1) is 22.6 Å². The Morgan fingerprint density at radius 3 is 2.62 bits per heavy atom. The van der Waals surface area contributed by atoms with Crippen LogP contribution in [0.15, 0.2) is 87.9 Å². The number of benzene rings is 3. The number of allylic oxidation sites excluding steroid dienone is 2. The van der Waals surface area contributed by atoms with E-state index in [2.05, 4.69) is 46.3 Å². The van der Waals surface area contributed by atoms with Gasteiger partial charge in [-0.2, -0.15) is 5.26 Å². The highest BCUT2D eigenvalue weighted by Gasteiger charge is 2.36. The maximum absolute atomic E-state index is 12.7. The number of nitrogens with zero attached hydrogens (tertiary/aromatic N) is 1. The summed E-state index contributed by atoms with van der Waals surface area (Å²) >= 11 is 3.57. The molecule has 3 aromatic carbocycles. The number of hydrogen-bond donors (Lipinski definition) is 1. The minimum atomic E-state index is -0.705. The van der Waals surface area contributed by atoms with Crippen LogP contribution in [0.25, 0.3) is 10.8 Å². The number of nitrogens with two attached hydrogens (primary N) is 1. The second kappa shape index (κ2) is 10.0. The van der Waals surface area contributed by atoms with Crippen LogP contribution < -0.4 is 10.5 Å². The fraction of sp³-hybridized carbons (Fsp3) is 0.185. The predicted molar refractivity (Wildman–Crippen MR) is 132 cm³/mol. The molecule has 0 spiro atoms. The molecule has 0 bridgehead atoms. The number of esters is 1. The zero-order valence-corrected chi connectivity index (χ0v) is 20.4. The summed E-state index contributed by atoms with van der Waals surface area (Å²) in [4.78, 5) is 12.7. The lowest BCUT2D eigenvalue weighted by Crippen LogP contribution is -2.25. The summed E-state index contributed by atoms with van der Waals surface area (Å²) in [6, 6.07) is 21.9. The molecule has 3 aromatic rings. The van der Waals surface area contributed by atoms with Crippen molar-refractivity contribution < 1.29 is 19.0 Å². The smallest absolute Gasteiger partial charge is 0.338 e. The number of rotatable bonds is 6. The van der Waals surface area contributed by atoms with Crippen molar-refractivity contribution >= 4 is 32.7 Å². The van der Waals surface area contributed by atoms with Gasteiger partial charge in [0, 0.05) is 0 Å². The molecule has 0 aliphatic carbocycles. The molecule has 7 heteroatoms. The van der Waals surface area contributed by atoms with Gasteiger partial charge in [-0.15, -0.1) is 0 Å². The van der Waals surface area contributed by atoms with Gasteiger partial charge in [-0.05, 0) is 69.9 Å². The van der Waals surface area contributed by atoms with E-state index in [0.29, 0.717) is 28.2 Å². The van der Waals surface area contributed by atoms with Crippen molar-refractivity contribution in [2.24, 2.45) is 5.73 Å². The van der Waals surface area contributed by atoms with Crippen molar-refractivity contribution in [2.75, 3.05) is 6.61 Å².